The second-order valence-corrected chi connectivity index (χ2v) is 10.5. The lowest BCUT2D eigenvalue weighted by Crippen LogP contribution is -2.19. The number of nitrogens with one attached hydrogen (secondary N) is 1. The summed E-state index contributed by atoms with van der Waals surface area (Å²) in [4.78, 5) is 0. The molecule has 1 unspecified atom stereocenters. The Morgan fingerprint density at radius 2 is 1.48 bits per heavy atom. The molecule has 3 aromatic carbocycles. The third kappa shape index (κ3) is 8.85. The van der Waals surface area contributed by atoms with Crippen LogP contribution >= 0.6 is 0 Å². The molecule has 1 atom stereocenters. The van der Waals surface area contributed by atoms with Gasteiger partial charge in [0, 0.05) is 18.2 Å². The number of anilines is 1. The van der Waals surface area contributed by atoms with E-state index in [4.69, 9.17) is 0 Å². The second-order valence-electron chi connectivity index (χ2n) is 10.5. The fourth-order valence-electron chi connectivity index (χ4n) is 4.86. The smallest absolute Gasteiger partial charge is 0.0367 e. The summed E-state index contributed by atoms with van der Waals surface area (Å²) in [5.41, 5.74) is 10.9. The highest BCUT2D eigenvalue weighted by molar-refractivity contribution is 5.87. The Balaban J connectivity index is 0.000000526. The van der Waals surface area contributed by atoms with E-state index in [1.807, 2.05) is 26.1 Å². The topological polar surface area (TPSA) is 12.0 Å². The van der Waals surface area contributed by atoms with Gasteiger partial charge in [-0.25, -0.2) is 0 Å². The summed E-state index contributed by atoms with van der Waals surface area (Å²) < 4.78 is 0. The molecule has 0 aromatic heterocycles. The van der Waals surface area contributed by atoms with Gasteiger partial charge in [-0.2, -0.15) is 0 Å². The van der Waals surface area contributed by atoms with Crippen molar-refractivity contribution in [3.8, 4) is 0 Å². The number of hydrogen-bond donors (Lipinski definition) is 1. The van der Waals surface area contributed by atoms with Crippen LogP contribution in [0.4, 0.5) is 5.69 Å². The highest BCUT2D eigenvalue weighted by Gasteiger charge is 2.30. The minimum absolute atomic E-state index is 0.140. The van der Waals surface area contributed by atoms with Gasteiger partial charge in [-0.05, 0) is 78.1 Å². The van der Waals surface area contributed by atoms with Gasteiger partial charge >= 0.3 is 0 Å². The average Bonchev–Trinajstić information content (AvgIpc) is 2.98. The molecule has 1 nitrogen and oxygen atoms in total. The first-order valence-corrected chi connectivity index (χ1v) is 14.5. The van der Waals surface area contributed by atoms with E-state index < -0.39 is 0 Å². The molecule has 0 amide bonds. The van der Waals surface area contributed by atoms with Crippen molar-refractivity contribution < 1.29 is 0 Å². The van der Waals surface area contributed by atoms with Crippen LogP contribution in [-0.4, -0.2) is 7.05 Å². The third-order valence-corrected chi connectivity index (χ3v) is 7.31. The minimum atomic E-state index is -0.140. The van der Waals surface area contributed by atoms with E-state index in [1.165, 1.54) is 39.1 Å². The molecule has 0 aliphatic heterocycles. The second kappa shape index (κ2) is 16.3. The van der Waals surface area contributed by atoms with Crippen LogP contribution in [0.1, 0.15) is 69.7 Å². The minimum Gasteiger partial charge on any atom is -0.388 e. The lowest BCUT2D eigenvalue weighted by atomic mass is 9.71. The summed E-state index contributed by atoms with van der Waals surface area (Å²) in [5.74, 6) is 0. The summed E-state index contributed by atoms with van der Waals surface area (Å²) in [5, 5.41) is 3.10. The molecule has 210 valence electrons. The van der Waals surface area contributed by atoms with Crippen LogP contribution in [0.2, 0.25) is 0 Å². The fraction of sp³-hybridized carbons (Fsp3) is 0.282. The molecule has 40 heavy (non-hydrogen) atoms. The van der Waals surface area contributed by atoms with Crippen molar-refractivity contribution >= 4 is 11.3 Å². The van der Waals surface area contributed by atoms with Crippen molar-refractivity contribution in [3.05, 3.63) is 155 Å². The zero-order valence-electron chi connectivity index (χ0n) is 25.9. The largest absolute Gasteiger partial charge is 0.388 e. The van der Waals surface area contributed by atoms with Crippen molar-refractivity contribution in [1.29, 1.82) is 0 Å². The van der Waals surface area contributed by atoms with Gasteiger partial charge in [0.1, 0.15) is 0 Å². The number of benzene rings is 3. The number of hydrogen-bond acceptors (Lipinski definition) is 1. The molecule has 0 saturated heterocycles. The Hall–Kier alpha value is -3.84. The zero-order valence-corrected chi connectivity index (χ0v) is 25.9. The number of aryl methyl sites for hydroxylation is 2. The van der Waals surface area contributed by atoms with Crippen molar-refractivity contribution in [2.75, 3.05) is 12.4 Å². The Bertz CT molecular complexity index is 1340. The first kappa shape index (κ1) is 32.4. The van der Waals surface area contributed by atoms with Gasteiger partial charge < -0.3 is 5.32 Å². The van der Waals surface area contributed by atoms with E-state index in [-0.39, 0.29) is 5.41 Å². The lowest BCUT2D eigenvalue weighted by molar-refractivity contribution is 0.502. The SMILES string of the molecule is C=C(C)/C=C/C(=C)/C(=C(\c1ccccc1)c1ccccc1CC)C(C)(C=CCC)CC.CNc1ccccc1C. The van der Waals surface area contributed by atoms with E-state index in [2.05, 4.69) is 144 Å². The van der Waals surface area contributed by atoms with Crippen molar-refractivity contribution in [1.82, 2.24) is 0 Å². The van der Waals surface area contributed by atoms with Gasteiger partial charge in [0.25, 0.3) is 0 Å². The van der Waals surface area contributed by atoms with Gasteiger partial charge in [-0.15, -0.1) is 0 Å². The standard InChI is InChI=1S/C31H38.C8H11N/c1-8-11-23-31(7,10-3)30(25(6)22-21-24(4)5)29(27-18-13-12-14-19-27)28-20-16-15-17-26(28)9-2;1-7-5-3-4-6-8(7)9-2/h11-23H,4,6,8-10H2,1-3,5,7H3;3-6,9H,1-2H3/b22-21+,23-11?,30-29-;. The molecule has 0 bridgehead atoms. The van der Waals surface area contributed by atoms with Gasteiger partial charge in [-0.1, -0.05) is 144 Å². The average molecular weight is 532 g/mol. The molecule has 1 N–H and O–H groups in total. The summed E-state index contributed by atoms with van der Waals surface area (Å²) in [6.45, 7) is 21.7. The van der Waals surface area contributed by atoms with Crippen LogP contribution in [0.3, 0.4) is 0 Å². The Morgan fingerprint density at radius 3 is 2.02 bits per heavy atom. The Labute approximate surface area is 244 Å². The molecule has 0 aliphatic rings. The molecule has 0 aliphatic carbocycles. The zero-order chi connectivity index (χ0) is 29.5. The molecule has 0 saturated carbocycles. The monoisotopic (exact) mass is 531 g/mol. The first-order chi connectivity index (χ1) is 19.2. The first-order valence-electron chi connectivity index (χ1n) is 14.5. The molecule has 0 spiro atoms. The fourth-order valence-corrected chi connectivity index (χ4v) is 4.86. The maximum atomic E-state index is 4.56. The normalized spacial score (nSPS) is 13.3. The van der Waals surface area contributed by atoms with Crippen LogP contribution in [0.25, 0.3) is 5.57 Å². The highest BCUT2D eigenvalue weighted by Crippen LogP contribution is 2.45. The van der Waals surface area contributed by atoms with Gasteiger partial charge in [0.15, 0.2) is 0 Å². The molecule has 0 radical (unpaired) electrons. The molecular weight excluding hydrogens is 482 g/mol. The predicted octanol–water partition coefficient (Wildman–Crippen LogP) is 11.2. The molecule has 0 heterocycles. The maximum Gasteiger partial charge on any atom is 0.0367 e. The van der Waals surface area contributed by atoms with Crippen LogP contribution in [0.15, 0.2) is 133 Å². The van der Waals surface area contributed by atoms with Crippen LogP contribution in [0, 0.1) is 12.3 Å². The highest BCUT2D eigenvalue weighted by atomic mass is 14.8. The van der Waals surface area contributed by atoms with E-state index in [9.17, 15) is 0 Å². The molecule has 0 fully saturated rings. The third-order valence-electron chi connectivity index (χ3n) is 7.31. The molecular formula is C39H49N. The van der Waals surface area contributed by atoms with Gasteiger partial charge in [0.2, 0.25) is 0 Å². The summed E-state index contributed by atoms with van der Waals surface area (Å²) >= 11 is 0. The Kier molecular flexibility index (Phi) is 13.2. The van der Waals surface area contributed by atoms with Crippen molar-refractivity contribution in [2.45, 2.75) is 60.8 Å². The van der Waals surface area contributed by atoms with Crippen LogP contribution in [0.5, 0.6) is 0 Å². The molecule has 3 rings (SSSR count). The quantitative estimate of drug-likeness (QED) is 0.192. The summed E-state index contributed by atoms with van der Waals surface area (Å²) in [7, 11) is 1.93. The maximum absolute atomic E-state index is 4.56. The van der Waals surface area contributed by atoms with Crippen LogP contribution < -0.4 is 5.32 Å². The van der Waals surface area contributed by atoms with Crippen LogP contribution in [-0.2, 0) is 6.42 Å². The van der Waals surface area contributed by atoms with E-state index in [0.29, 0.717) is 0 Å². The molecule has 1 heteroatoms. The van der Waals surface area contributed by atoms with Crippen molar-refractivity contribution in [3.63, 3.8) is 0 Å². The van der Waals surface area contributed by atoms with E-state index in [0.717, 1.165) is 30.4 Å². The van der Waals surface area contributed by atoms with Gasteiger partial charge in [-0.3, -0.25) is 0 Å². The van der Waals surface area contributed by atoms with E-state index in [1.54, 1.807) is 0 Å². The number of allylic oxidation sites excluding steroid dienone is 7. The summed E-state index contributed by atoms with van der Waals surface area (Å²) in [6.07, 6.45) is 11.8. The number of para-hydroxylation sites is 1. The summed E-state index contributed by atoms with van der Waals surface area (Å²) in [6, 6.07) is 27.8. The number of rotatable bonds is 11. The molecule has 3 aromatic rings. The van der Waals surface area contributed by atoms with Gasteiger partial charge in [0.05, 0.1) is 0 Å². The predicted molar refractivity (Wildman–Crippen MR) is 180 cm³/mol. The Morgan fingerprint density at radius 1 is 0.850 bits per heavy atom. The lowest BCUT2D eigenvalue weighted by Gasteiger charge is -2.33. The van der Waals surface area contributed by atoms with E-state index >= 15 is 0 Å². The van der Waals surface area contributed by atoms with Crippen molar-refractivity contribution in [2.24, 2.45) is 5.41 Å².